The van der Waals surface area contributed by atoms with Crippen molar-refractivity contribution in [3.05, 3.63) is 41.3 Å². The van der Waals surface area contributed by atoms with Crippen molar-refractivity contribution < 1.29 is 4.39 Å². The summed E-state index contributed by atoms with van der Waals surface area (Å²) in [6.07, 6.45) is 3.29. The van der Waals surface area contributed by atoms with Crippen LogP contribution in [0.5, 0.6) is 0 Å². The Morgan fingerprint density at radius 1 is 1.40 bits per heavy atom. The molecule has 0 saturated heterocycles. The van der Waals surface area contributed by atoms with Gasteiger partial charge in [0.05, 0.1) is 6.67 Å². The molecule has 0 nitrogen and oxygen atoms in total. The zero-order valence-corrected chi connectivity index (χ0v) is 9.86. The minimum absolute atomic E-state index is 0.302. The Morgan fingerprint density at radius 2 is 2.13 bits per heavy atom. The molecule has 83 valence electrons. The minimum atomic E-state index is -0.437. The van der Waals surface area contributed by atoms with Crippen LogP contribution in [0.2, 0.25) is 5.02 Å². The maximum Gasteiger partial charge on any atom is 0.0962 e. The van der Waals surface area contributed by atoms with Crippen LogP contribution in [-0.2, 0) is 6.42 Å². The maximum atomic E-state index is 12.5. The first-order valence-electron chi connectivity index (χ1n) is 5.35. The third kappa shape index (κ3) is 3.83. The molecule has 15 heavy (non-hydrogen) atoms. The number of benzene rings is 1. The molecule has 0 fully saturated rings. The molecule has 0 bridgehead atoms. The van der Waals surface area contributed by atoms with Crippen LogP contribution in [0.4, 0.5) is 4.39 Å². The highest BCUT2D eigenvalue weighted by atomic mass is 35.5. The van der Waals surface area contributed by atoms with Gasteiger partial charge in [-0.2, -0.15) is 0 Å². The standard InChI is InChI=1S/C13H17ClF/c1-3-4-5-11-6-12(10(2)9-15)8-13(14)7-11/h6-8,10H,2-5,9H2,1H3. The fourth-order valence-corrected chi connectivity index (χ4v) is 1.79. The Bertz CT molecular complexity index is 309. The van der Waals surface area contributed by atoms with Crippen LogP contribution in [-0.4, -0.2) is 6.67 Å². The topological polar surface area (TPSA) is 0 Å². The van der Waals surface area contributed by atoms with Crippen molar-refractivity contribution in [1.82, 2.24) is 0 Å². The number of rotatable bonds is 5. The highest BCUT2D eigenvalue weighted by Gasteiger charge is 2.07. The van der Waals surface area contributed by atoms with E-state index in [1.54, 1.807) is 6.07 Å². The molecule has 0 aliphatic carbocycles. The third-order valence-electron chi connectivity index (χ3n) is 2.46. The van der Waals surface area contributed by atoms with E-state index < -0.39 is 6.67 Å². The molecule has 0 spiro atoms. The van der Waals surface area contributed by atoms with Crippen molar-refractivity contribution in [2.75, 3.05) is 6.67 Å². The summed E-state index contributed by atoms with van der Waals surface area (Å²) >= 11 is 5.98. The zero-order chi connectivity index (χ0) is 11.3. The first-order chi connectivity index (χ1) is 7.17. The number of aryl methyl sites for hydroxylation is 1. The molecule has 1 atom stereocenters. The Balaban J connectivity index is 2.84. The third-order valence-corrected chi connectivity index (χ3v) is 2.67. The van der Waals surface area contributed by atoms with Gasteiger partial charge in [0, 0.05) is 10.9 Å². The summed E-state index contributed by atoms with van der Waals surface area (Å²) in [7, 11) is 0. The van der Waals surface area contributed by atoms with Crippen LogP contribution in [0.1, 0.15) is 36.8 Å². The lowest BCUT2D eigenvalue weighted by Crippen LogP contribution is -1.97. The van der Waals surface area contributed by atoms with Gasteiger partial charge in [0.1, 0.15) is 0 Å². The van der Waals surface area contributed by atoms with Crippen molar-refractivity contribution in [3.8, 4) is 0 Å². The smallest absolute Gasteiger partial charge is 0.0962 e. The van der Waals surface area contributed by atoms with E-state index in [4.69, 9.17) is 11.6 Å². The number of halogens is 2. The molecule has 0 aliphatic rings. The maximum absolute atomic E-state index is 12.5. The molecule has 1 radical (unpaired) electrons. The fraction of sp³-hybridized carbons (Fsp3) is 0.462. The summed E-state index contributed by atoms with van der Waals surface area (Å²) < 4.78 is 12.5. The van der Waals surface area contributed by atoms with E-state index in [-0.39, 0.29) is 5.92 Å². The van der Waals surface area contributed by atoms with E-state index in [0.29, 0.717) is 5.02 Å². The van der Waals surface area contributed by atoms with E-state index in [2.05, 4.69) is 13.8 Å². The number of hydrogen-bond donors (Lipinski definition) is 0. The molecule has 1 aromatic rings. The predicted octanol–water partition coefficient (Wildman–Crippen LogP) is 4.57. The lowest BCUT2D eigenvalue weighted by atomic mass is 9.98. The molecule has 0 amide bonds. The van der Waals surface area contributed by atoms with Gasteiger partial charge in [-0.05, 0) is 43.0 Å². The van der Waals surface area contributed by atoms with Gasteiger partial charge in [-0.25, -0.2) is 0 Å². The molecule has 0 aliphatic heterocycles. The number of unbranched alkanes of at least 4 members (excludes halogenated alkanes) is 1. The second-order valence-electron chi connectivity index (χ2n) is 3.85. The average Bonchev–Trinajstić information content (AvgIpc) is 2.24. The van der Waals surface area contributed by atoms with Crippen LogP contribution in [0, 0.1) is 6.92 Å². The molecule has 1 aromatic carbocycles. The first-order valence-corrected chi connectivity index (χ1v) is 5.73. The van der Waals surface area contributed by atoms with E-state index in [1.165, 1.54) is 5.56 Å². The zero-order valence-electron chi connectivity index (χ0n) is 9.10. The first kappa shape index (κ1) is 12.5. The van der Waals surface area contributed by atoms with Crippen molar-refractivity contribution in [3.63, 3.8) is 0 Å². The summed E-state index contributed by atoms with van der Waals surface area (Å²) in [6, 6.07) is 5.76. The van der Waals surface area contributed by atoms with Crippen molar-refractivity contribution in [2.24, 2.45) is 0 Å². The van der Waals surface area contributed by atoms with Gasteiger partial charge in [-0.3, -0.25) is 4.39 Å². The van der Waals surface area contributed by atoms with Crippen LogP contribution in [0.15, 0.2) is 18.2 Å². The highest BCUT2D eigenvalue weighted by Crippen LogP contribution is 2.23. The summed E-state index contributed by atoms with van der Waals surface area (Å²) in [5.41, 5.74) is 2.08. The van der Waals surface area contributed by atoms with Gasteiger partial charge in [-0.15, -0.1) is 0 Å². The predicted molar refractivity (Wildman–Crippen MR) is 64.1 cm³/mol. The number of alkyl halides is 1. The summed E-state index contributed by atoms with van der Waals surface area (Å²) in [5, 5.41) is 0.681. The molecule has 0 N–H and O–H groups in total. The lowest BCUT2D eigenvalue weighted by Gasteiger charge is -2.10. The average molecular weight is 228 g/mol. The molecular formula is C13H17ClF. The van der Waals surface area contributed by atoms with Gasteiger partial charge in [0.25, 0.3) is 0 Å². The van der Waals surface area contributed by atoms with Crippen LogP contribution in [0.25, 0.3) is 0 Å². The SMILES string of the molecule is [CH2]C(CF)c1cc(Cl)cc(CCCC)c1. The largest absolute Gasteiger partial charge is 0.250 e. The molecule has 1 rings (SSSR count). The minimum Gasteiger partial charge on any atom is -0.250 e. The molecular weight excluding hydrogens is 211 g/mol. The molecule has 0 aromatic heterocycles. The fourth-order valence-electron chi connectivity index (χ4n) is 1.53. The van der Waals surface area contributed by atoms with Crippen LogP contribution >= 0.6 is 11.6 Å². The normalized spacial score (nSPS) is 12.8. The molecule has 0 saturated carbocycles. The Kier molecular flexibility index (Phi) is 5.10. The second kappa shape index (κ2) is 6.12. The van der Waals surface area contributed by atoms with E-state index in [9.17, 15) is 4.39 Å². The summed E-state index contributed by atoms with van der Waals surface area (Å²) in [4.78, 5) is 0. The van der Waals surface area contributed by atoms with Crippen molar-refractivity contribution in [1.29, 1.82) is 0 Å². The quantitative estimate of drug-likeness (QED) is 0.691. The van der Waals surface area contributed by atoms with Gasteiger partial charge >= 0.3 is 0 Å². The molecule has 0 heterocycles. The second-order valence-corrected chi connectivity index (χ2v) is 4.28. The lowest BCUT2D eigenvalue weighted by molar-refractivity contribution is 0.465. The molecule has 2 heteroatoms. The van der Waals surface area contributed by atoms with Crippen molar-refractivity contribution >= 4 is 11.6 Å². The molecule has 1 unspecified atom stereocenters. The van der Waals surface area contributed by atoms with Gasteiger partial charge in [-0.1, -0.05) is 31.0 Å². The summed E-state index contributed by atoms with van der Waals surface area (Å²) in [6.45, 7) is 5.47. The monoisotopic (exact) mass is 227 g/mol. The van der Waals surface area contributed by atoms with Gasteiger partial charge in [0.2, 0.25) is 0 Å². The van der Waals surface area contributed by atoms with Crippen LogP contribution < -0.4 is 0 Å². The van der Waals surface area contributed by atoms with E-state index in [0.717, 1.165) is 24.8 Å². The van der Waals surface area contributed by atoms with Gasteiger partial charge in [0.15, 0.2) is 0 Å². The van der Waals surface area contributed by atoms with Gasteiger partial charge < -0.3 is 0 Å². The van der Waals surface area contributed by atoms with Crippen LogP contribution in [0.3, 0.4) is 0 Å². The van der Waals surface area contributed by atoms with E-state index >= 15 is 0 Å². The Morgan fingerprint density at radius 3 is 2.73 bits per heavy atom. The Hall–Kier alpha value is -0.560. The Labute approximate surface area is 96.5 Å². The highest BCUT2D eigenvalue weighted by molar-refractivity contribution is 6.30. The van der Waals surface area contributed by atoms with E-state index in [1.807, 2.05) is 12.1 Å². The summed E-state index contributed by atoms with van der Waals surface area (Å²) in [5.74, 6) is -0.302. The van der Waals surface area contributed by atoms with Crippen molar-refractivity contribution in [2.45, 2.75) is 32.1 Å². The number of hydrogen-bond acceptors (Lipinski definition) is 0.